The second-order valence-electron chi connectivity index (χ2n) is 5.71. The number of hydrogen-bond donors (Lipinski definition) is 0. The Morgan fingerprint density at radius 2 is 2.00 bits per heavy atom. The van der Waals surface area contributed by atoms with Crippen LogP contribution in [0.3, 0.4) is 0 Å². The number of esters is 1. The van der Waals surface area contributed by atoms with E-state index in [1.807, 2.05) is 12.1 Å². The predicted molar refractivity (Wildman–Crippen MR) is 84.5 cm³/mol. The van der Waals surface area contributed by atoms with Gasteiger partial charge in [0.15, 0.2) is 0 Å². The molecule has 4 nitrogen and oxygen atoms in total. The first-order chi connectivity index (χ1) is 10.7. The van der Waals surface area contributed by atoms with Crippen LogP contribution in [0.1, 0.15) is 37.3 Å². The number of pyridine rings is 1. The van der Waals surface area contributed by atoms with Crippen molar-refractivity contribution >= 4 is 17.6 Å². The molecule has 2 heterocycles. The molecule has 0 aromatic carbocycles. The number of aromatic nitrogens is 2. The monoisotopic (exact) mass is 318 g/mol. The van der Waals surface area contributed by atoms with Crippen molar-refractivity contribution in [3.8, 4) is 0 Å². The molecule has 0 unspecified atom stereocenters. The van der Waals surface area contributed by atoms with Gasteiger partial charge in [-0.1, -0.05) is 11.6 Å². The highest BCUT2D eigenvalue weighted by molar-refractivity contribution is 6.31. The zero-order chi connectivity index (χ0) is 15.4. The van der Waals surface area contributed by atoms with E-state index in [9.17, 15) is 4.79 Å². The van der Waals surface area contributed by atoms with Crippen molar-refractivity contribution in [2.75, 3.05) is 0 Å². The number of carbonyl (C=O) groups is 1. The highest BCUT2D eigenvalue weighted by Crippen LogP contribution is 2.33. The fourth-order valence-electron chi connectivity index (χ4n) is 2.99. The molecule has 22 heavy (non-hydrogen) atoms. The SMILES string of the molecule is O=C(OCc1ccncc1Cl)C1CCC(n2cccc2)CC1. The smallest absolute Gasteiger partial charge is 0.309 e. The van der Waals surface area contributed by atoms with Crippen molar-refractivity contribution in [3.05, 3.63) is 53.6 Å². The molecule has 0 amide bonds. The first kappa shape index (κ1) is 15.1. The third-order valence-electron chi connectivity index (χ3n) is 4.31. The summed E-state index contributed by atoms with van der Waals surface area (Å²) < 4.78 is 7.65. The lowest BCUT2D eigenvalue weighted by atomic mass is 9.86. The summed E-state index contributed by atoms with van der Waals surface area (Å²) in [5, 5.41) is 0.534. The Labute approximate surface area is 135 Å². The van der Waals surface area contributed by atoms with Gasteiger partial charge >= 0.3 is 5.97 Å². The van der Waals surface area contributed by atoms with Gasteiger partial charge in [0.05, 0.1) is 10.9 Å². The van der Waals surface area contributed by atoms with E-state index in [1.54, 1.807) is 18.5 Å². The van der Waals surface area contributed by atoms with Gasteiger partial charge in [0.1, 0.15) is 6.61 Å². The molecule has 3 rings (SSSR count). The lowest BCUT2D eigenvalue weighted by Gasteiger charge is -2.28. The average Bonchev–Trinajstić information content (AvgIpc) is 3.08. The van der Waals surface area contributed by atoms with E-state index in [4.69, 9.17) is 16.3 Å². The van der Waals surface area contributed by atoms with Crippen LogP contribution in [0.15, 0.2) is 43.0 Å². The summed E-state index contributed by atoms with van der Waals surface area (Å²) in [4.78, 5) is 16.1. The quantitative estimate of drug-likeness (QED) is 0.800. The number of halogens is 1. The molecule has 2 aromatic heterocycles. The first-order valence-electron chi connectivity index (χ1n) is 7.61. The van der Waals surface area contributed by atoms with Gasteiger partial charge in [-0.3, -0.25) is 9.78 Å². The van der Waals surface area contributed by atoms with Crippen LogP contribution in [0.5, 0.6) is 0 Å². The summed E-state index contributed by atoms with van der Waals surface area (Å²) in [6.45, 7) is 0.220. The largest absolute Gasteiger partial charge is 0.461 e. The van der Waals surface area contributed by atoms with E-state index in [2.05, 4.69) is 21.9 Å². The summed E-state index contributed by atoms with van der Waals surface area (Å²) in [6.07, 6.45) is 11.2. The van der Waals surface area contributed by atoms with E-state index in [1.165, 1.54) is 0 Å². The zero-order valence-electron chi connectivity index (χ0n) is 12.3. The Morgan fingerprint density at radius 3 is 2.68 bits per heavy atom. The van der Waals surface area contributed by atoms with E-state index in [0.29, 0.717) is 11.1 Å². The minimum Gasteiger partial charge on any atom is -0.461 e. The molecule has 2 aromatic rings. The molecule has 1 fully saturated rings. The fraction of sp³-hybridized carbons (Fsp3) is 0.412. The fourth-order valence-corrected chi connectivity index (χ4v) is 3.16. The molecule has 0 aliphatic heterocycles. The number of nitrogens with zero attached hydrogens (tertiary/aromatic N) is 2. The summed E-state index contributed by atoms with van der Waals surface area (Å²) in [6, 6.07) is 6.37. The topological polar surface area (TPSA) is 44.1 Å². The number of hydrogen-bond acceptors (Lipinski definition) is 3. The zero-order valence-corrected chi connectivity index (χ0v) is 13.1. The molecule has 0 radical (unpaired) electrons. The third-order valence-corrected chi connectivity index (χ3v) is 4.65. The number of rotatable bonds is 4. The van der Waals surface area contributed by atoms with Crippen LogP contribution in [-0.2, 0) is 16.1 Å². The number of ether oxygens (including phenoxy) is 1. The maximum Gasteiger partial charge on any atom is 0.309 e. The summed E-state index contributed by atoms with van der Waals surface area (Å²) in [5.41, 5.74) is 0.797. The van der Waals surface area contributed by atoms with E-state index in [-0.39, 0.29) is 18.5 Å². The van der Waals surface area contributed by atoms with Gasteiger partial charge in [-0.05, 0) is 43.9 Å². The Morgan fingerprint density at radius 1 is 1.27 bits per heavy atom. The molecule has 1 aliphatic carbocycles. The van der Waals surface area contributed by atoms with Gasteiger partial charge in [-0.15, -0.1) is 0 Å². The summed E-state index contributed by atoms with van der Waals surface area (Å²) in [5.74, 6) is -0.105. The van der Waals surface area contributed by atoms with Gasteiger partial charge in [-0.2, -0.15) is 0 Å². The standard InChI is InChI=1S/C17H19ClN2O2/c18-16-11-19-8-7-14(16)12-22-17(21)13-3-5-15(6-4-13)20-9-1-2-10-20/h1-2,7-11,13,15H,3-6,12H2. The van der Waals surface area contributed by atoms with Gasteiger partial charge in [0, 0.05) is 36.4 Å². The Hall–Kier alpha value is -1.81. The maximum atomic E-state index is 12.2. The third kappa shape index (κ3) is 3.50. The van der Waals surface area contributed by atoms with E-state index in [0.717, 1.165) is 31.2 Å². The Balaban J connectivity index is 1.49. The van der Waals surface area contributed by atoms with Crippen molar-refractivity contribution in [3.63, 3.8) is 0 Å². The van der Waals surface area contributed by atoms with Crippen molar-refractivity contribution in [1.29, 1.82) is 0 Å². The molecule has 1 saturated carbocycles. The molecule has 0 spiro atoms. The highest BCUT2D eigenvalue weighted by Gasteiger charge is 2.27. The lowest BCUT2D eigenvalue weighted by molar-refractivity contribution is -0.151. The van der Waals surface area contributed by atoms with Crippen LogP contribution in [0, 0.1) is 5.92 Å². The lowest BCUT2D eigenvalue weighted by Crippen LogP contribution is -2.24. The van der Waals surface area contributed by atoms with Crippen molar-refractivity contribution in [2.24, 2.45) is 5.92 Å². The molecule has 116 valence electrons. The average molecular weight is 319 g/mol. The van der Waals surface area contributed by atoms with Gasteiger partial charge in [-0.25, -0.2) is 0 Å². The molecule has 0 N–H and O–H groups in total. The van der Waals surface area contributed by atoms with Gasteiger partial charge in [0.25, 0.3) is 0 Å². The van der Waals surface area contributed by atoms with E-state index >= 15 is 0 Å². The van der Waals surface area contributed by atoms with Crippen LogP contribution in [0.4, 0.5) is 0 Å². The van der Waals surface area contributed by atoms with Crippen molar-refractivity contribution < 1.29 is 9.53 Å². The van der Waals surface area contributed by atoms with Crippen LogP contribution >= 0.6 is 11.6 Å². The minimum atomic E-state index is -0.112. The Kier molecular flexibility index (Phi) is 4.78. The normalized spacial score (nSPS) is 21.5. The molecular weight excluding hydrogens is 300 g/mol. The van der Waals surface area contributed by atoms with Crippen molar-refractivity contribution in [1.82, 2.24) is 9.55 Å². The van der Waals surface area contributed by atoms with Crippen molar-refractivity contribution in [2.45, 2.75) is 38.3 Å². The molecular formula is C17H19ClN2O2. The predicted octanol–water partition coefficient (Wildman–Crippen LogP) is 4.01. The van der Waals surface area contributed by atoms with Gasteiger partial charge in [0.2, 0.25) is 0 Å². The highest BCUT2D eigenvalue weighted by atomic mass is 35.5. The van der Waals surface area contributed by atoms with Crippen LogP contribution in [0.2, 0.25) is 5.02 Å². The second-order valence-corrected chi connectivity index (χ2v) is 6.12. The van der Waals surface area contributed by atoms with Gasteiger partial charge < -0.3 is 9.30 Å². The van der Waals surface area contributed by atoms with Crippen LogP contribution in [0.25, 0.3) is 0 Å². The minimum absolute atomic E-state index is 0.00687. The molecule has 0 bridgehead atoms. The summed E-state index contributed by atoms with van der Waals surface area (Å²) in [7, 11) is 0. The second kappa shape index (κ2) is 6.97. The first-order valence-corrected chi connectivity index (χ1v) is 7.99. The van der Waals surface area contributed by atoms with Crippen LogP contribution in [-0.4, -0.2) is 15.5 Å². The molecule has 5 heteroatoms. The molecule has 0 saturated heterocycles. The van der Waals surface area contributed by atoms with Crippen LogP contribution < -0.4 is 0 Å². The van der Waals surface area contributed by atoms with E-state index < -0.39 is 0 Å². The Bertz CT molecular complexity index is 619. The maximum absolute atomic E-state index is 12.2. The summed E-state index contributed by atoms with van der Waals surface area (Å²) >= 11 is 6.01. The molecule has 1 aliphatic rings. The number of carbonyl (C=O) groups excluding carboxylic acids is 1. The molecule has 0 atom stereocenters.